The monoisotopic (exact) mass is 346 g/mol. The van der Waals surface area contributed by atoms with Crippen molar-refractivity contribution in [1.82, 2.24) is 19.8 Å². The van der Waals surface area contributed by atoms with Gasteiger partial charge in [-0.1, -0.05) is 30.3 Å². The summed E-state index contributed by atoms with van der Waals surface area (Å²) in [6.45, 7) is 3.33. The second-order valence-corrected chi connectivity index (χ2v) is 6.66. The second-order valence-electron chi connectivity index (χ2n) is 6.66. The van der Waals surface area contributed by atoms with Crippen molar-refractivity contribution >= 4 is 28.6 Å². The van der Waals surface area contributed by atoms with Gasteiger partial charge in [0.1, 0.15) is 5.65 Å². The zero-order valence-corrected chi connectivity index (χ0v) is 14.9. The summed E-state index contributed by atoms with van der Waals surface area (Å²) in [5.74, 6) is 0.0857. The molecule has 3 aromatic rings. The highest BCUT2D eigenvalue weighted by Gasteiger charge is 2.23. The van der Waals surface area contributed by atoms with E-state index in [1.165, 1.54) is 0 Å². The fourth-order valence-electron chi connectivity index (χ4n) is 3.32. The first kappa shape index (κ1) is 16.5. The molecule has 132 valence electrons. The van der Waals surface area contributed by atoms with Gasteiger partial charge in [-0.05, 0) is 30.8 Å². The number of hydrogen-bond donors (Lipinski definition) is 1. The molecule has 0 unspecified atom stereocenters. The van der Waals surface area contributed by atoms with E-state index in [2.05, 4.69) is 21.9 Å². The molecule has 0 spiro atoms. The Labute approximate surface area is 153 Å². The van der Waals surface area contributed by atoms with Crippen molar-refractivity contribution in [2.24, 2.45) is 0 Å². The van der Waals surface area contributed by atoms with Gasteiger partial charge in [0.15, 0.2) is 0 Å². The summed E-state index contributed by atoms with van der Waals surface area (Å²) in [4.78, 5) is 25.0. The molecule has 1 aliphatic heterocycles. The minimum Gasteiger partial charge on any atom is -0.346 e. The third-order valence-corrected chi connectivity index (χ3v) is 4.89. The van der Waals surface area contributed by atoms with E-state index < -0.39 is 0 Å². The molecular weight excluding hydrogens is 324 g/mol. The third-order valence-electron chi connectivity index (χ3n) is 4.89. The van der Waals surface area contributed by atoms with Crippen molar-refractivity contribution < 1.29 is 4.79 Å². The number of aromatic nitrogens is 2. The van der Waals surface area contributed by atoms with E-state index in [0.717, 1.165) is 53.9 Å². The number of piperazine rings is 1. The molecule has 1 fully saturated rings. The molecule has 0 saturated carbocycles. The van der Waals surface area contributed by atoms with Gasteiger partial charge in [-0.2, -0.15) is 0 Å². The third kappa shape index (κ3) is 3.26. The van der Waals surface area contributed by atoms with Gasteiger partial charge in [0, 0.05) is 55.1 Å². The van der Waals surface area contributed by atoms with E-state index >= 15 is 0 Å². The van der Waals surface area contributed by atoms with Crippen molar-refractivity contribution in [2.75, 3.05) is 33.2 Å². The van der Waals surface area contributed by atoms with Crippen LogP contribution in [0.4, 0.5) is 0 Å². The van der Waals surface area contributed by atoms with Gasteiger partial charge >= 0.3 is 0 Å². The summed E-state index contributed by atoms with van der Waals surface area (Å²) >= 11 is 0. The standard InChI is InChI=1S/C21H22N4O/c1-24-10-12-25(13-11-24)21(26)19(16-6-3-2-4-7-16)14-17-15-23-20-18(17)8-5-9-22-20/h2-9,14-15H,10-13H2,1H3,(H,22,23)/b19-14-. The molecule has 5 nitrogen and oxygen atoms in total. The molecule has 1 N–H and O–H groups in total. The lowest BCUT2D eigenvalue weighted by Gasteiger charge is -2.33. The topological polar surface area (TPSA) is 52.2 Å². The highest BCUT2D eigenvalue weighted by Crippen LogP contribution is 2.25. The maximum atomic E-state index is 13.3. The van der Waals surface area contributed by atoms with Crippen LogP contribution in [0.5, 0.6) is 0 Å². The molecule has 4 rings (SSSR count). The Morgan fingerprint density at radius 2 is 1.85 bits per heavy atom. The molecule has 3 heterocycles. The van der Waals surface area contributed by atoms with Crippen LogP contribution in [0.1, 0.15) is 11.1 Å². The lowest BCUT2D eigenvalue weighted by molar-refractivity contribution is -0.126. The number of aromatic amines is 1. The van der Waals surface area contributed by atoms with Crippen LogP contribution in [0.15, 0.2) is 54.9 Å². The normalized spacial score (nSPS) is 16.2. The second kappa shape index (κ2) is 7.14. The van der Waals surface area contributed by atoms with Crippen LogP contribution in [0.2, 0.25) is 0 Å². The number of rotatable bonds is 3. The number of nitrogens with zero attached hydrogens (tertiary/aromatic N) is 3. The van der Waals surface area contributed by atoms with E-state index in [-0.39, 0.29) is 5.91 Å². The number of carbonyl (C=O) groups excluding carboxylic acids is 1. The predicted molar refractivity (Wildman–Crippen MR) is 104 cm³/mol. The maximum absolute atomic E-state index is 13.3. The van der Waals surface area contributed by atoms with Crippen molar-refractivity contribution in [3.63, 3.8) is 0 Å². The molecule has 5 heteroatoms. The number of pyridine rings is 1. The Kier molecular flexibility index (Phi) is 4.54. The van der Waals surface area contributed by atoms with Gasteiger partial charge in [0.2, 0.25) is 0 Å². The zero-order chi connectivity index (χ0) is 17.9. The zero-order valence-electron chi connectivity index (χ0n) is 14.9. The Balaban J connectivity index is 1.75. The van der Waals surface area contributed by atoms with Gasteiger partial charge in [-0.3, -0.25) is 4.79 Å². The van der Waals surface area contributed by atoms with Crippen LogP contribution < -0.4 is 0 Å². The number of fused-ring (bicyclic) bond motifs is 1. The molecule has 0 aliphatic carbocycles. The number of hydrogen-bond acceptors (Lipinski definition) is 3. The molecule has 1 amide bonds. The average molecular weight is 346 g/mol. The lowest BCUT2D eigenvalue weighted by Crippen LogP contribution is -2.47. The van der Waals surface area contributed by atoms with Crippen LogP contribution in [0.3, 0.4) is 0 Å². The van der Waals surface area contributed by atoms with Crippen molar-refractivity contribution in [1.29, 1.82) is 0 Å². The number of nitrogens with one attached hydrogen (secondary N) is 1. The Morgan fingerprint density at radius 3 is 2.62 bits per heavy atom. The quantitative estimate of drug-likeness (QED) is 0.742. The minimum absolute atomic E-state index is 0.0857. The number of likely N-dealkylation sites (N-methyl/N-ethyl adjacent to an activating group) is 1. The largest absolute Gasteiger partial charge is 0.346 e. The van der Waals surface area contributed by atoms with Crippen LogP contribution in [0, 0.1) is 0 Å². The molecule has 0 radical (unpaired) electrons. The molecule has 1 aromatic carbocycles. The van der Waals surface area contributed by atoms with Crippen molar-refractivity contribution in [2.45, 2.75) is 0 Å². The van der Waals surface area contributed by atoms with Crippen molar-refractivity contribution in [3.05, 3.63) is 66.0 Å². The maximum Gasteiger partial charge on any atom is 0.254 e. The fraction of sp³-hybridized carbons (Fsp3) is 0.238. The fourth-order valence-corrected chi connectivity index (χ4v) is 3.32. The smallest absolute Gasteiger partial charge is 0.254 e. The molecule has 0 atom stereocenters. The summed E-state index contributed by atoms with van der Waals surface area (Å²) in [7, 11) is 2.09. The highest BCUT2D eigenvalue weighted by atomic mass is 16.2. The number of amides is 1. The van der Waals surface area contributed by atoms with E-state index in [1.807, 2.05) is 59.6 Å². The van der Waals surface area contributed by atoms with Gasteiger partial charge < -0.3 is 14.8 Å². The number of H-pyrrole nitrogens is 1. The molecule has 0 bridgehead atoms. The lowest BCUT2D eigenvalue weighted by atomic mass is 10.0. The minimum atomic E-state index is 0.0857. The summed E-state index contributed by atoms with van der Waals surface area (Å²) in [5, 5.41) is 1.02. The number of carbonyl (C=O) groups is 1. The molecule has 1 aliphatic rings. The Hall–Kier alpha value is -2.92. The van der Waals surface area contributed by atoms with E-state index in [0.29, 0.717) is 0 Å². The summed E-state index contributed by atoms with van der Waals surface area (Å²) in [5.41, 5.74) is 3.47. The molecule has 2 aromatic heterocycles. The molecule has 26 heavy (non-hydrogen) atoms. The number of benzene rings is 1. The summed E-state index contributed by atoms with van der Waals surface area (Å²) < 4.78 is 0. The molecule has 1 saturated heterocycles. The Bertz CT molecular complexity index is 937. The summed E-state index contributed by atoms with van der Waals surface area (Å²) in [6, 6.07) is 13.8. The highest BCUT2D eigenvalue weighted by molar-refractivity contribution is 6.24. The van der Waals surface area contributed by atoms with Gasteiger partial charge in [-0.15, -0.1) is 0 Å². The first-order chi connectivity index (χ1) is 12.7. The summed E-state index contributed by atoms with van der Waals surface area (Å²) in [6.07, 6.45) is 5.66. The van der Waals surface area contributed by atoms with Crippen LogP contribution in [-0.2, 0) is 4.79 Å². The molecular formula is C21H22N4O. The van der Waals surface area contributed by atoms with Gasteiger partial charge in [-0.25, -0.2) is 4.98 Å². The van der Waals surface area contributed by atoms with E-state index in [4.69, 9.17) is 0 Å². The SMILES string of the molecule is CN1CCN(C(=O)/C(=C\c2c[nH]c3ncccc23)c2ccccc2)CC1. The van der Waals surface area contributed by atoms with Crippen molar-refractivity contribution in [3.8, 4) is 0 Å². The van der Waals surface area contributed by atoms with Crippen LogP contribution in [0.25, 0.3) is 22.7 Å². The average Bonchev–Trinajstić information content (AvgIpc) is 3.10. The van der Waals surface area contributed by atoms with E-state index in [9.17, 15) is 4.79 Å². The van der Waals surface area contributed by atoms with Crippen LogP contribution >= 0.6 is 0 Å². The van der Waals surface area contributed by atoms with Gasteiger partial charge in [0.25, 0.3) is 5.91 Å². The van der Waals surface area contributed by atoms with Crippen LogP contribution in [-0.4, -0.2) is 58.9 Å². The first-order valence-electron chi connectivity index (χ1n) is 8.89. The van der Waals surface area contributed by atoms with Gasteiger partial charge in [0.05, 0.1) is 0 Å². The van der Waals surface area contributed by atoms with E-state index in [1.54, 1.807) is 6.20 Å². The first-order valence-corrected chi connectivity index (χ1v) is 8.89. The Morgan fingerprint density at radius 1 is 1.08 bits per heavy atom. The predicted octanol–water partition coefficient (Wildman–Crippen LogP) is 2.88.